The third-order valence-electron chi connectivity index (χ3n) is 24.5. The monoisotopic (exact) mass is 1500 g/mol. The van der Waals surface area contributed by atoms with Crippen molar-refractivity contribution >= 4 is 104 Å². The average molecular weight is 1500 g/mol. The lowest BCUT2D eigenvalue weighted by molar-refractivity contribution is 1.13. The minimum Gasteiger partial charge on any atom is -0.309 e. The summed E-state index contributed by atoms with van der Waals surface area (Å²) in [5, 5.41) is 11.6. The van der Waals surface area contributed by atoms with Gasteiger partial charge in [-0.05, 0) is 223 Å². The molecule has 5 aromatic heterocycles. The van der Waals surface area contributed by atoms with E-state index in [1.165, 1.54) is 43.8 Å². The normalized spacial score (nSPS) is 11.9. The molecule has 0 saturated carbocycles. The van der Waals surface area contributed by atoms with Crippen LogP contribution in [0.25, 0.3) is 237 Å². The summed E-state index contributed by atoms with van der Waals surface area (Å²) in [6.45, 7) is 7.96. The summed E-state index contributed by atoms with van der Waals surface area (Å²) < 4.78 is 9.80. The summed E-state index contributed by atoms with van der Waals surface area (Å²) in [6.07, 6.45) is 0. The van der Waals surface area contributed by atoms with E-state index in [1.807, 2.05) is 24.3 Å². The zero-order valence-electron chi connectivity index (χ0n) is 63.8. The number of hydrogen-bond donors (Lipinski definition) is 0. The van der Waals surface area contributed by atoms with Gasteiger partial charge in [-0.2, -0.15) is 0 Å². The number of para-hydroxylation sites is 2. The predicted molar refractivity (Wildman–Crippen MR) is 491 cm³/mol. The highest BCUT2D eigenvalue weighted by Crippen LogP contribution is 2.52. The van der Waals surface area contributed by atoms with E-state index >= 15 is 0 Å². The smallest absolute Gasteiger partial charge is 0.187 e. The quantitative estimate of drug-likeness (QED) is 0.114. The topological polar surface area (TPSA) is 49.9 Å². The number of fused-ring (bicyclic) bond motifs is 15. The summed E-state index contributed by atoms with van der Waals surface area (Å²) in [5.74, 6) is 0.580. The van der Waals surface area contributed by atoms with Crippen LogP contribution in [0, 0.1) is 6.57 Å². The van der Waals surface area contributed by atoms with Crippen molar-refractivity contribution < 1.29 is 0 Å². The Labute approximate surface area is 679 Å². The van der Waals surface area contributed by atoms with Crippen LogP contribution >= 0.6 is 0 Å². The SMILES string of the molecule is [C-]#[N+]c1ccc(-c2nc(-c3cc(-n4c5ccc(-c6ccccc6)cc5c5cc(-c6ccc7c(c6)c6cc(-c8ccccc8)ccc6n7-c6ccccc6)ccc54)cc(-n4c5ccc(-c6ccccc6)cc5c5cc(-c6ccc7c(c6)c6cc(-c8ccccc8)ccc6n7-c6ccccc6)ccc54)c3)c3c(n2)-c2cccc4cccc-3c24)cc1. The molecule has 24 rings (SSSR count). The van der Waals surface area contributed by atoms with E-state index in [9.17, 15) is 0 Å². The van der Waals surface area contributed by atoms with Crippen molar-refractivity contribution in [3.63, 3.8) is 0 Å². The van der Waals surface area contributed by atoms with Gasteiger partial charge in [0.1, 0.15) is 0 Å². The molecule has 118 heavy (non-hydrogen) atoms. The molecule has 0 amide bonds. The fourth-order valence-electron chi connectivity index (χ4n) is 19.0. The Morgan fingerprint density at radius 2 is 0.483 bits per heavy atom. The molecule has 0 spiro atoms. The molecular weight excluding hydrogens is 1430 g/mol. The first-order chi connectivity index (χ1) is 58.4. The number of benzene rings is 18. The molecule has 5 heterocycles. The molecule has 546 valence electrons. The van der Waals surface area contributed by atoms with Gasteiger partial charge < -0.3 is 18.3 Å². The lowest BCUT2D eigenvalue weighted by Gasteiger charge is -2.18. The Kier molecular flexibility index (Phi) is 15.0. The molecule has 1 aliphatic rings. The lowest BCUT2D eigenvalue weighted by Crippen LogP contribution is -2.02. The average Bonchev–Trinajstić information content (AvgIpc) is 1.58. The van der Waals surface area contributed by atoms with Gasteiger partial charge in [0.15, 0.2) is 11.5 Å². The van der Waals surface area contributed by atoms with Gasteiger partial charge in [0.25, 0.3) is 0 Å². The van der Waals surface area contributed by atoms with Crippen LogP contribution in [0.1, 0.15) is 0 Å². The molecule has 7 heteroatoms. The summed E-state index contributed by atoms with van der Waals surface area (Å²) in [4.78, 5) is 15.2. The number of rotatable bonds is 12. The van der Waals surface area contributed by atoms with E-state index in [0.717, 1.165) is 183 Å². The van der Waals surface area contributed by atoms with Crippen molar-refractivity contribution in [1.82, 2.24) is 28.2 Å². The Bertz CT molecular complexity index is 7750. The maximum atomic E-state index is 7.96. The van der Waals surface area contributed by atoms with E-state index in [4.69, 9.17) is 16.5 Å². The minimum atomic E-state index is 0.555. The molecule has 0 fully saturated rings. The van der Waals surface area contributed by atoms with E-state index in [2.05, 4.69) is 405 Å². The molecule has 0 aliphatic heterocycles. The van der Waals surface area contributed by atoms with Crippen molar-refractivity contribution in [2.24, 2.45) is 0 Å². The van der Waals surface area contributed by atoms with E-state index in [-0.39, 0.29) is 0 Å². The molecule has 18 aromatic carbocycles. The maximum absolute atomic E-state index is 7.96. The summed E-state index contributed by atoms with van der Waals surface area (Å²) >= 11 is 0. The summed E-state index contributed by atoms with van der Waals surface area (Å²) in [5.41, 5.74) is 33.9. The van der Waals surface area contributed by atoms with Crippen LogP contribution in [0.2, 0.25) is 0 Å². The zero-order chi connectivity index (χ0) is 77.6. The van der Waals surface area contributed by atoms with Crippen molar-refractivity contribution in [2.45, 2.75) is 0 Å². The molecule has 23 aromatic rings. The molecule has 0 saturated heterocycles. The molecule has 1 aliphatic carbocycles. The van der Waals surface area contributed by atoms with Gasteiger partial charge >= 0.3 is 0 Å². The van der Waals surface area contributed by atoms with Crippen LogP contribution in [0.15, 0.2) is 406 Å². The standard InChI is InChI=1S/C111H67N7/c1-112-84-48-38-74(39-49-84)111-113-109(108-89-36-20-30-73-31-21-37-90(107(73)89)110(108)114-111)83-58-87(117-103-52-42-77(71-26-12-4-13-27-71)62-93(103)97-66-81(46-56-105(97)117)79-44-54-101-95(64-79)91-60-75(69-22-8-2-9-23-69)40-50-99(91)115(101)85-32-16-6-17-33-85)68-88(59-83)118-104-53-43-78(72-28-14-5-15-29-72)63-94(104)98-67-82(47-57-106(98)118)80-45-55-102-96(65-80)92-61-76(70-24-10-3-11-25-70)41-51-100(92)116(102)86-34-18-7-19-35-86/h2-68H. The Morgan fingerprint density at radius 3 is 0.805 bits per heavy atom. The van der Waals surface area contributed by atoms with Crippen LogP contribution in [0.3, 0.4) is 0 Å². The van der Waals surface area contributed by atoms with Crippen LogP contribution in [0.5, 0.6) is 0 Å². The molecular formula is C111H67N7. The first-order valence-corrected chi connectivity index (χ1v) is 40.2. The fourth-order valence-corrected chi connectivity index (χ4v) is 19.0. The highest BCUT2D eigenvalue weighted by atomic mass is 15.0. The van der Waals surface area contributed by atoms with Gasteiger partial charge in [-0.1, -0.05) is 267 Å². The van der Waals surface area contributed by atoms with Crippen molar-refractivity contribution in [1.29, 1.82) is 0 Å². The number of aromatic nitrogens is 6. The maximum Gasteiger partial charge on any atom is 0.187 e. The van der Waals surface area contributed by atoms with Gasteiger partial charge in [0, 0.05) is 88.1 Å². The second kappa shape index (κ2) is 26.6. The van der Waals surface area contributed by atoms with E-state index in [0.29, 0.717) is 11.5 Å². The molecule has 0 radical (unpaired) electrons. The summed E-state index contributed by atoms with van der Waals surface area (Å²) in [6, 6.07) is 149. The first kappa shape index (κ1) is 66.6. The van der Waals surface area contributed by atoms with Gasteiger partial charge in [0.05, 0.1) is 62.1 Å². The zero-order valence-corrected chi connectivity index (χ0v) is 63.8. The van der Waals surface area contributed by atoms with Crippen molar-refractivity contribution in [2.75, 3.05) is 0 Å². The molecule has 0 atom stereocenters. The second-order valence-electron chi connectivity index (χ2n) is 31.1. The van der Waals surface area contributed by atoms with Crippen LogP contribution < -0.4 is 0 Å². The first-order valence-electron chi connectivity index (χ1n) is 40.2. The third-order valence-corrected chi connectivity index (χ3v) is 24.5. The van der Waals surface area contributed by atoms with Gasteiger partial charge in [-0.25, -0.2) is 14.8 Å². The molecule has 0 N–H and O–H groups in total. The van der Waals surface area contributed by atoms with Gasteiger partial charge in [-0.3, -0.25) is 0 Å². The van der Waals surface area contributed by atoms with Gasteiger partial charge in [0.2, 0.25) is 0 Å². The number of nitrogens with zero attached hydrogens (tertiary/aromatic N) is 7. The highest BCUT2D eigenvalue weighted by molar-refractivity contribution is 6.19. The second-order valence-corrected chi connectivity index (χ2v) is 31.1. The Morgan fingerprint density at radius 1 is 0.203 bits per heavy atom. The van der Waals surface area contributed by atoms with Crippen molar-refractivity contribution in [3.05, 3.63) is 418 Å². The molecule has 0 bridgehead atoms. The highest BCUT2D eigenvalue weighted by Gasteiger charge is 2.31. The Hall–Kier alpha value is -16.0. The predicted octanol–water partition coefficient (Wildman–Crippen LogP) is 29.6. The van der Waals surface area contributed by atoms with Crippen LogP contribution in [0.4, 0.5) is 5.69 Å². The third kappa shape index (κ3) is 10.6. The summed E-state index contributed by atoms with van der Waals surface area (Å²) in [7, 11) is 0. The largest absolute Gasteiger partial charge is 0.309 e. The minimum absolute atomic E-state index is 0.555. The van der Waals surface area contributed by atoms with E-state index < -0.39 is 0 Å². The fraction of sp³-hybridized carbons (Fsp3) is 0. The number of hydrogen-bond acceptors (Lipinski definition) is 2. The van der Waals surface area contributed by atoms with Crippen molar-refractivity contribution in [3.8, 4) is 135 Å². The molecule has 0 unspecified atom stereocenters. The Balaban J connectivity index is 0.759. The van der Waals surface area contributed by atoms with Gasteiger partial charge in [-0.15, -0.1) is 0 Å². The lowest BCUT2D eigenvalue weighted by atomic mass is 9.98. The van der Waals surface area contributed by atoms with Crippen LogP contribution in [-0.2, 0) is 0 Å². The van der Waals surface area contributed by atoms with Crippen LogP contribution in [-0.4, -0.2) is 28.2 Å². The van der Waals surface area contributed by atoms with E-state index in [1.54, 1.807) is 0 Å². The molecule has 7 nitrogen and oxygen atoms in total.